The van der Waals surface area contributed by atoms with Gasteiger partial charge < -0.3 is 4.74 Å². The molecule has 0 atom stereocenters. The van der Waals surface area contributed by atoms with Crippen molar-refractivity contribution in [3.05, 3.63) is 62.8 Å². The number of aromatic nitrogens is 1. The molecular weight excluding hydrogens is 368 g/mol. The van der Waals surface area contributed by atoms with Crippen LogP contribution >= 0.6 is 27.5 Å². The molecule has 0 unspecified atom stereocenters. The molecule has 4 nitrogen and oxygen atoms in total. The zero-order chi connectivity index (χ0) is 16.1. The average molecular weight is 378 g/mol. The lowest BCUT2D eigenvalue weighted by molar-refractivity contribution is 0.0600. The van der Waals surface area contributed by atoms with Crippen molar-refractivity contribution in [2.45, 2.75) is 0 Å². The molecule has 0 bridgehead atoms. The summed E-state index contributed by atoms with van der Waals surface area (Å²) < 4.78 is 5.48. The van der Waals surface area contributed by atoms with E-state index in [0.29, 0.717) is 27.3 Å². The highest BCUT2D eigenvalue weighted by Gasteiger charge is 2.09. The van der Waals surface area contributed by atoms with Crippen molar-refractivity contribution in [3.63, 3.8) is 0 Å². The lowest BCUT2D eigenvalue weighted by Gasteiger charge is -2.04. The number of benzene rings is 1. The number of rotatable bonds is 3. The van der Waals surface area contributed by atoms with E-state index in [0.717, 1.165) is 4.47 Å². The molecule has 1 aromatic heterocycles. The number of halogens is 2. The van der Waals surface area contributed by atoms with Crippen LogP contribution in [0.4, 0.5) is 0 Å². The van der Waals surface area contributed by atoms with E-state index in [1.165, 1.54) is 13.3 Å². The van der Waals surface area contributed by atoms with Gasteiger partial charge in [0, 0.05) is 22.4 Å². The molecule has 0 fully saturated rings. The normalized spacial score (nSPS) is 10.9. The summed E-state index contributed by atoms with van der Waals surface area (Å²) in [5.74, 6) is -0.483. The number of hydrogen-bond donors (Lipinski definition) is 0. The molecule has 0 spiro atoms. The lowest BCUT2D eigenvalue weighted by Crippen LogP contribution is -2.01. The Morgan fingerprint density at radius 2 is 2.18 bits per heavy atom. The van der Waals surface area contributed by atoms with E-state index in [1.807, 2.05) is 0 Å². The highest BCUT2D eigenvalue weighted by atomic mass is 79.9. The number of carbonyl (C=O) groups is 1. The van der Waals surface area contributed by atoms with Crippen LogP contribution in [0.15, 0.2) is 41.1 Å². The zero-order valence-electron chi connectivity index (χ0n) is 11.5. The van der Waals surface area contributed by atoms with Crippen molar-refractivity contribution in [1.82, 2.24) is 4.98 Å². The first-order valence-electron chi connectivity index (χ1n) is 6.15. The van der Waals surface area contributed by atoms with Gasteiger partial charge in [0.1, 0.15) is 0 Å². The number of methoxy groups -OCH3 is 1. The Morgan fingerprint density at radius 3 is 2.82 bits per heavy atom. The van der Waals surface area contributed by atoms with Crippen LogP contribution in [0, 0.1) is 11.3 Å². The zero-order valence-corrected chi connectivity index (χ0v) is 13.9. The number of hydrogen-bond acceptors (Lipinski definition) is 4. The fourth-order valence-corrected chi connectivity index (χ4v) is 2.59. The summed E-state index contributed by atoms with van der Waals surface area (Å²) in [5.41, 5.74) is 1.91. The highest BCUT2D eigenvalue weighted by Crippen LogP contribution is 2.28. The standard InChI is InChI=1S/C16H10BrClN2O2/c1-22-16(21)12-5-10(8-20-9-12)4-11(7-19)14-3-2-13(17)6-15(14)18/h2-6,8-9H,1H3/b11-4+. The molecule has 6 heteroatoms. The molecule has 0 aliphatic heterocycles. The predicted octanol–water partition coefficient (Wildman–Crippen LogP) is 4.35. The average Bonchev–Trinajstić information content (AvgIpc) is 2.52. The summed E-state index contributed by atoms with van der Waals surface area (Å²) in [4.78, 5) is 15.5. The van der Waals surface area contributed by atoms with Gasteiger partial charge >= 0.3 is 5.97 Å². The minimum Gasteiger partial charge on any atom is -0.465 e. The first-order chi connectivity index (χ1) is 10.5. The van der Waals surface area contributed by atoms with Crippen molar-refractivity contribution in [2.75, 3.05) is 7.11 Å². The second-order valence-electron chi connectivity index (χ2n) is 4.29. The van der Waals surface area contributed by atoms with Crippen LogP contribution < -0.4 is 0 Å². The van der Waals surface area contributed by atoms with E-state index in [1.54, 1.807) is 36.5 Å². The summed E-state index contributed by atoms with van der Waals surface area (Å²) in [6.45, 7) is 0. The van der Waals surface area contributed by atoms with E-state index < -0.39 is 5.97 Å². The Bertz CT molecular complexity index is 797. The third-order valence-electron chi connectivity index (χ3n) is 2.83. The lowest BCUT2D eigenvalue weighted by atomic mass is 10.0. The molecule has 0 saturated carbocycles. The molecular formula is C16H10BrClN2O2. The van der Waals surface area contributed by atoms with Crippen LogP contribution in [0.2, 0.25) is 5.02 Å². The minimum atomic E-state index is -0.483. The predicted molar refractivity (Wildman–Crippen MR) is 88.2 cm³/mol. The highest BCUT2D eigenvalue weighted by molar-refractivity contribution is 9.10. The Hall–Kier alpha value is -2.16. The third kappa shape index (κ3) is 3.73. The molecule has 1 heterocycles. The van der Waals surface area contributed by atoms with Gasteiger partial charge in [0.05, 0.1) is 29.3 Å². The molecule has 1 aromatic carbocycles. The molecule has 2 aromatic rings. The Morgan fingerprint density at radius 1 is 1.41 bits per heavy atom. The van der Waals surface area contributed by atoms with Crippen LogP contribution in [0.25, 0.3) is 11.6 Å². The second-order valence-corrected chi connectivity index (χ2v) is 5.62. The number of carbonyl (C=O) groups excluding carboxylic acids is 1. The van der Waals surface area contributed by atoms with Crippen LogP contribution in [0.5, 0.6) is 0 Å². The maximum Gasteiger partial charge on any atom is 0.339 e. The fraction of sp³-hybridized carbons (Fsp3) is 0.0625. The molecule has 0 aliphatic carbocycles. The second kappa shape index (κ2) is 7.21. The van der Waals surface area contributed by atoms with Crippen LogP contribution in [-0.2, 0) is 4.74 Å². The Balaban J connectivity index is 2.45. The van der Waals surface area contributed by atoms with Gasteiger partial charge in [-0.3, -0.25) is 4.98 Å². The maximum absolute atomic E-state index is 11.5. The summed E-state index contributed by atoms with van der Waals surface area (Å²) in [7, 11) is 1.30. The number of esters is 1. The van der Waals surface area contributed by atoms with Crippen molar-refractivity contribution < 1.29 is 9.53 Å². The molecule has 0 amide bonds. The smallest absolute Gasteiger partial charge is 0.339 e. The fourth-order valence-electron chi connectivity index (χ4n) is 1.81. The molecule has 0 N–H and O–H groups in total. The van der Waals surface area contributed by atoms with Gasteiger partial charge in [-0.2, -0.15) is 5.26 Å². The minimum absolute atomic E-state index is 0.315. The van der Waals surface area contributed by atoms with Gasteiger partial charge in [-0.25, -0.2) is 4.79 Å². The van der Waals surface area contributed by atoms with Crippen molar-refractivity contribution in [3.8, 4) is 6.07 Å². The van der Waals surface area contributed by atoms with Crippen molar-refractivity contribution in [1.29, 1.82) is 5.26 Å². The van der Waals surface area contributed by atoms with Crippen molar-refractivity contribution in [2.24, 2.45) is 0 Å². The molecule has 0 saturated heterocycles. The number of pyridine rings is 1. The summed E-state index contributed by atoms with van der Waals surface area (Å²) in [5, 5.41) is 9.82. The van der Waals surface area contributed by atoms with E-state index in [9.17, 15) is 10.1 Å². The summed E-state index contributed by atoms with van der Waals surface area (Å²) in [6.07, 6.45) is 4.58. The van der Waals surface area contributed by atoms with Gasteiger partial charge in [0.15, 0.2) is 0 Å². The van der Waals surface area contributed by atoms with Crippen molar-refractivity contribution >= 4 is 45.1 Å². The maximum atomic E-state index is 11.5. The third-order valence-corrected chi connectivity index (χ3v) is 3.64. The first kappa shape index (κ1) is 16.2. The topological polar surface area (TPSA) is 63.0 Å². The monoisotopic (exact) mass is 376 g/mol. The number of ether oxygens (including phenoxy) is 1. The number of nitriles is 1. The van der Waals surface area contributed by atoms with Gasteiger partial charge in [0.25, 0.3) is 0 Å². The van der Waals surface area contributed by atoms with E-state index in [4.69, 9.17) is 11.6 Å². The Kier molecular flexibility index (Phi) is 5.31. The van der Waals surface area contributed by atoms with Crippen LogP contribution in [0.1, 0.15) is 21.5 Å². The van der Waals surface area contributed by atoms with Gasteiger partial charge in [0.2, 0.25) is 0 Å². The van der Waals surface area contributed by atoms with E-state index in [2.05, 4.69) is 31.7 Å². The molecule has 2 rings (SSSR count). The quantitative estimate of drug-likeness (QED) is 0.589. The Labute approximate surface area is 141 Å². The van der Waals surface area contributed by atoms with Gasteiger partial charge in [-0.05, 0) is 29.8 Å². The van der Waals surface area contributed by atoms with Gasteiger partial charge in [-0.1, -0.05) is 33.6 Å². The van der Waals surface area contributed by atoms with Crippen LogP contribution in [-0.4, -0.2) is 18.1 Å². The molecule has 0 aliphatic rings. The molecule has 110 valence electrons. The molecule has 22 heavy (non-hydrogen) atoms. The summed E-state index contributed by atoms with van der Waals surface area (Å²) in [6, 6.07) is 8.97. The van der Waals surface area contributed by atoms with Gasteiger partial charge in [-0.15, -0.1) is 0 Å². The molecule has 0 radical (unpaired) electrons. The first-order valence-corrected chi connectivity index (χ1v) is 7.33. The largest absolute Gasteiger partial charge is 0.465 e. The van der Waals surface area contributed by atoms with E-state index in [-0.39, 0.29) is 0 Å². The number of nitrogens with zero attached hydrogens (tertiary/aromatic N) is 2. The van der Waals surface area contributed by atoms with E-state index >= 15 is 0 Å². The van der Waals surface area contributed by atoms with Crippen LogP contribution in [0.3, 0.4) is 0 Å². The number of allylic oxidation sites excluding steroid dienone is 1. The summed E-state index contributed by atoms with van der Waals surface area (Å²) >= 11 is 9.48. The SMILES string of the molecule is COC(=O)c1cncc(/C=C(\C#N)c2ccc(Br)cc2Cl)c1.